The first-order valence-corrected chi connectivity index (χ1v) is 6.70. The highest BCUT2D eigenvalue weighted by atomic mass is 32.2. The van der Waals surface area contributed by atoms with E-state index in [1.165, 1.54) is 12.8 Å². The Balaban J connectivity index is 1.79. The van der Waals surface area contributed by atoms with Crippen LogP contribution in [0.1, 0.15) is 25.0 Å². The Labute approximate surface area is 100 Å². The Morgan fingerprint density at radius 3 is 3.12 bits per heavy atom. The second-order valence-corrected chi connectivity index (χ2v) is 5.20. The van der Waals surface area contributed by atoms with Crippen molar-refractivity contribution in [3.05, 3.63) is 30.1 Å². The van der Waals surface area contributed by atoms with Gasteiger partial charge in [-0.2, -0.15) is 0 Å². The average Bonchev–Trinajstić information content (AvgIpc) is 2.38. The van der Waals surface area contributed by atoms with Crippen molar-refractivity contribution < 1.29 is 4.79 Å². The highest BCUT2D eigenvalue weighted by Crippen LogP contribution is 2.24. The number of carbonyl (C=O) groups excluding carboxylic acids is 1. The van der Waals surface area contributed by atoms with Crippen LogP contribution in [0.5, 0.6) is 0 Å². The summed E-state index contributed by atoms with van der Waals surface area (Å²) in [6.07, 6.45) is 5.18. The molecule has 86 valence electrons. The van der Waals surface area contributed by atoms with Gasteiger partial charge in [0.2, 0.25) is 5.91 Å². The molecule has 1 atom stereocenters. The fourth-order valence-corrected chi connectivity index (χ4v) is 2.97. The molecule has 0 radical (unpaired) electrons. The number of hydrogen-bond acceptors (Lipinski definition) is 3. The van der Waals surface area contributed by atoms with Gasteiger partial charge in [-0.3, -0.25) is 9.78 Å². The minimum atomic E-state index is 0.150. The fraction of sp³-hybridized carbons (Fsp3) is 0.500. The Kier molecular flexibility index (Phi) is 4.22. The molecule has 0 aromatic carbocycles. The summed E-state index contributed by atoms with van der Waals surface area (Å²) in [6.45, 7) is 0.538. The molecule has 1 N–H and O–H groups in total. The Bertz CT molecular complexity index is 336. The minimum Gasteiger partial charge on any atom is -0.349 e. The molecule has 1 aromatic rings. The Morgan fingerprint density at radius 2 is 2.44 bits per heavy atom. The number of carbonyl (C=O) groups is 1. The lowest BCUT2D eigenvalue weighted by molar-refractivity contribution is -0.120. The summed E-state index contributed by atoms with van der Waals surface area (Å²) >= 11 is 1.77. The van der Waals surface area contributed by atoms with Gasteiger partial charge >= 0.3 is 0 Å². The quantitative estimate of drug-likeness (QED) is 0.872. The van der Waals surface area contributed by atoms with Crippen LogP contribution in [0.15, 0.2) is 24.4 Å². The molecular weight excluding hydrogens is 220 g/mol. The van der Waals surface area contributed by atoms with Crippen LogP contribution >= 0.6 is 11.8 Å². The van der Waals surface area contributed by atoms with E-state index in [1.54, 1.807) is 18.0 Å². The molecule has 0 bridgehead atoms. The molecule has 2 rings (SSSR count). The van der Waals surface area contributed by atoms with Gasteiger partial charge in [-0.15, -0.1) is 11.8 Å². The van der Waals surface area contributed by atoms with Gasteiger partial charge in [0.15, 0.2) is 0 Å². The number of pyridine rings is 1. The van der Waals surface area contributed by atoms with Gasteiger partial charge in [-0.25, -0.2) is 0 Å². The molecule has 1 saturated heterocycles. The van der Waals surface area contributed by atoms with E-state index in [9.17, 15) is 4.79 Å². The van der Waals surface area contributed by atoms with Crippen molar-refractivity contribution in [2.45, 2.75) is 31.1 Å². The molecule has 1 aliphatic rings. The van der Waals surface area contributed by atoms with Crippen molar-refractivity contribution in [2.75, 3.05) is 5.75 Å². The molecule has 16 heavy (non-hydrogen) atoms. The van der Waals surface area contributed by atoms with E-state index in [2.05, 4.69) is 10.3 Å². The summed E-state index contributed by atoms with van der Waals surface area (Å²) in [7, 11) is 0. The maximum Gasteiger partial charge on any atom is 0.233 e. The second-order valence-electron chi connectivity index (χ2n) is 3.89. The van der Waals surface area contributed by atoms with E-state index < -0.39 is 0 Å². The molecular formula is C12H16N2OS. The highest BCUT2D eigenvalue weighted by Gasteiger charge is 2.21. The first-order chi connectivity index (χ1) is 7.86. The topological polar surface area (TPSA) is 42.0 Å². The first kappa shape index (κ1) is 11.5. The number of thioether (sulfide) groups is 1. The van der Waals surface area contributed by atoms with Crippen LogP contribution in [0.2, 0.25) is 0 Å². The normalized spacial score (nSPS) is 20.4. The van der Waals surface area contributed by atoms with E-state index in [0.717, 1.165) is 17.9 Å². The number of rotatable bonds is 3. The van der Waals surface area contributed by atoms with Gasteiger partial charge in [0.1, 0.15) is 0 Å². The summed E-state index contributed by atoms with van der Waals surface area (Å²) in [4.78, 5) is 16.0. The largest absolute Gasteiger partial charge is 0.349 e. The molecule has 3 nitrogen and oxygen atoms in total. The standard InChI is InChI=1S/C12H16N2OS/c15-12(11-6-2-4-8-16-11)14-9-10-5-1-3-7-13-10/h1,3,5,7,11H,2,4,6,8-9H2,(H,14,15). The van der Waals surface area contributed by atoms with Gasteiger partial charge < -0.3 is 5.32 Å². The Hall–Kier alpha value is -1.03. The van der Waals surface area contributed by atoms with Gasteiger partial charge in [0, 0.05) is 6.20 Å². The van der Waals surface area contributed by atoms with Crippen molar-refractivity contribution in [2.24, 2.45) is 0 Å². The van der Waals surface area contributed by atoms with Crippen LogP contribution in [-0.4, -0.2) is 21.9 Å². The third-order valence-electron chi connectivity index (χ3n) is 2.64. The van der Waals surface area contributed by atoms with E-state index >= 15 is 0 Å². The van der Waals surface area contributed by atoms with E-state index in [0.29, 0.717) is 6.54 Å². The molecule has 0 spiro atoms. The number of hydrogen-bond donors (Lipinski definition) is 1. The summed E-state index contributed by atoms with van der Waals surface area (Å²) in [5, 5.41) is 3.10. The lowest BCUT2D eigenvalue weighted by Crippen LogP contribution is -2.33. The lowest BCUT2D eigenvalue weighted by atomic mass is 10.2. The summed E-state index contributed by atoms with van der Waals surface area (Å²) in [5.74, 6) is 1.28. The molecule has 1 fully saturated rings. The van der Waals surface area contributed by atoms with E-state index in [1.807, 2.05) is 18.2 Å². The molecule has 1 aliphatic heterocycles. The summed E-state index contributed by atoms with van der Waals surface area (Å²) in [6, 6.07) is 5.74. The molecule has 1 amide bonds. The molecule has 2 heterocycles. The summed E-state index contributed by atoms with van der Waals surface area (Å²) in [5.41, 5.74) is 0.914. The Morgan fingerprint density at radius 1 is 1.50 bits per heavy atom. The number of amides is 1. The predicted octanol–water partition coefficient (Wildman–Crippen LogP) is 1.98. The third kappa shape index (κ3) is 3.23. The third-order valence-corrected chi connectivity index (χ3v) is 4.02. The zero-order valence-corrected chi connectivity index (χ0v) is 10.0. The maximum absolute atomic E-state index is 11.8. The van der Waals surface area contributed by atoms with Gasteiger partial charge in [0.25, 0.3) is 0 Å². The zero-order chi connectivity index (χ0) is 11.2. The second kappa shape index (κ2) is 5.89. The van der Waals surface area contributed by atoms with Crippen molar-refractivity contribution in [1.29, 1.82) is 0 Å². The van der Waals surface area contributed by atoms with Gasteiger partial charge in [-0.05, 0) is 30.7 Å². The summed E-state index contributed by atoms with van der Waals surface area (Å²) < 4.78 is 0. The predicted molar refractivity (Wildman–Crippen MR) is 66.2 cm³/mol. The van der Waals surface area contributed by atoms with Crippen LogP contribution in [0.4, 0.5) is 0 Å². The van der Waals surface area contributed by atoms with Crippen molar-refractivity contribution in [3.8, 4) is 0 Å². The number of aromatic nitrogens is 1. The monoisotopic (exact) mass is 236 g/mol. The maximum atomic E-state index is 11.8. The SMILES string of the molecule is O=C(NCc1ccccn1)C1CCCCS1. The molecule has 1 unspecified atom stereocenters. The van der Waals surface area contributed by atoms with E-state index in [-0.39, 0.29) is 11.2 Å². The molecule has 1 aromatic heterocycles. The average molecular weight is 236 g/mol. The highest BCUT2D eigenvalue weighted by molar-refractivity contribution is 8.00. The van der Waals surface area contributed by atoms with Crippen molar-refractivity contribution in [1.82, 2.24) is 10.3 Å². The van der Waals surface area contributed by atoms with Crippen LogP contribution in [-0.2, 0) is 11.3 Å². The van der Waals surface area contributed by atoms with Crippen LogP contribution in [0.25, 0.3) is 0 Å². The van der Waals surface area contributed by atoms with Crippen LogP contribution in [0, 0.1) is 0 Å². The zero-order valence-electron chi connectivity index (χ0n) is 9.19. The molecule has 0 saturated carbocycles. The van der Waals surface area contributed by atoms with E-state index in [4.69, 9.17) is 0 Å². The number of nitrogens with zero attached hydrogens (tertiary/aromatic N) is 1. The van der Waals surface area contributed by atoms with Crippen molar-refractivity contribution in [3.63, 3.8) is 0 Å². The smallest absolute Gasteiger partial charge is 0.233 e. The lowest BCUT2D eigenvalue weighted by Gasteiger charge is -2.20. The minimum absolute atomic E-state index is 0.150. The van der Waals surface area contributed by atoms with Gasteiger partial charge in [0.05, 0.1) is 17.5 Å². The fourth-order valence-electron chi connectivity index (χ4n) is 1.74. The van der Waals surface area contributed by atoms with Crippen LogP contribution < -0.4 is 5.32 Å². The van der Waals surface area contributed by atoms with Gasteiger partial charge in [-0.1, -0.05) is 12.5 Å². The molecule has 4 heteroatoms. The van der Waals surface area contributed by atoms with Crippen LogP contribution in [0.3, 0.4) is 0 Å². The first-order valence-electron chi connectivity index (χ1n) is 5.65. The molecule has 0 aliphatic carbocycles. The van der Waals surface area contributed by atoms with Crippen molar-refractivity contribution >= 4 is 17.7 Å². The number of nitrogens with one attached hydrogen (secondary N) is 1.